The van der Waals surface area contributed by atoms with Crippen LogP contribution in [0.3, 0.4) is 0 Å². The van der Waals surface area contributed by atoms with Crippen LogP contribution >= 0.6 is 11.6 Å². The Bertz CT molecular complexity index is 336. The van der Waals surface area contributed by atoms with Gasteiger partial charge < -0.3 is 9.84 Å². The van der Waals surface area contributed by atoms with Gasteiger partial charge in [0.15, 0.2) is 5.78 Å². The van der Waals surface area contributed by atoms with Crippen molar-refractivity contribution in [3.05, 3.63) is 28.8 Å². The molecule has 0 aliphatic carbocycles. The van der Waals surface area contributed by atoms with Crippen molar-refractivity contribution in [2.45, 2.75) is 6.42 Å². The third-order valence-electron chi connectivity index (χ3n) is 1.79. The second-order valence-corrected chi connectivity index (χ2v) is 3.25. The monoisotopic (exact) mass is 214 g/mol. The number of carbonyl (C=O) groups is 1. The standard InChI is InChI=1S/C10H11ClO3/c1-14-10-3-2-7(5-9(10)11)4-8(13)6-12/h2-3,5,12H,4,6H2,1H3. The fourth-order valence-electron chi connectivity index (χ4n) is 1.10. The summed E-state index contributed by atoms with van der Waals surface area (Å²) in [5.41, 5.74) is 0.773. The summed E-state index contributed by atoms with van der Waals surface area (Å²) < 4.78 is 4.97. The van der Waals surface area contributed by atoms with E-state index in [0.29, 0.717) is 10.8 Å². The third kappa shape index (κ3) is 2.72. The first-order valence-corrected chi connectivity index (χ1v) is 4.50. The molecule has 0 unspecified atom stereocenters. The summed E-state index contributed by atoms with van der Waals surface area (Å²) in [7, 11) is 1.53. The van der Waals surface area contributed by atoms with E-state index in [1.807, 2.05) is 0 Å². The Hall–Kier alpha value is -1.06. The number of ketones is 1. The van der Waals surface area contributed by atoms with Crippen LogP contribution in [0.5, 0.6) is 5.75 Å². The number of aliphatic hydroxyl groups is 1. The van der Waals surface area contributed by atoms with Crippen LogP contribution in [-0.4, -0.2) is 24.6 Å². The molecule has 4 heteroatoms. The van der Waals surface area contributed by atoms with E-state index in [2.05, 4.69) is 0 Å². The Morgan fingerprint density at radius 3 is 2.79 bits per heavy atom. The van der Waals surface area contributed by atoms with Crippen molar-refractivity contribution in [1.82, 2.24) is 0 Å². The minimum Gasteiger partial charge on any atom is -0.495 e. The molecule has 0 aromatic heterocycles. The molecule has 0 fully saturated rings. The molecule has 76 valence electrons. The number of ether oxygens (including phenoxy) is 1. The molecule has 1 aromatic carbocycles. The van der Waals surface area contributed by atoms with Gasteiger partial charge in [0.05, 0.1) is 12.1 Å². The van der Waals surface area contributed by atoms with E-state index in [1.54, 1.807) is 18.2 Å². The highest BCUT2D eigenvalue weighted by Gasteiger charge is 2.05. The van der Waals surface area contributed by atoms with Gasteiger partial charge in [-0.2, -0.15) is 0 Å². The minimum atomic E-state index is -0.441. The summed E-state index contributed by atoms with van der Waals surface area (Å²) in [6.45, 7) is -0.441. The smallest absolute Gasteiger partial charge is 0.162 e. The van der Waals surface area contributed by atoms with Crippen molar-refractivity contribution in [3.8, 4) is 5.75 Å². The van der Waals surface area contributed by atoms with E-state index in [-0.39, 0.29) is 12.2 Å². The van der Waals surface area contributed by atoms with Gasteiger partial charge in [-0.3, -0.25) is 4.79 Å². The predicted molar refractivity (Wildman–Crippen MR) is 53.8 cm³/mol. The second kappa shape index (κ2) is 4.98. The second-order valence-electron chi connectivity index (χ2n) is 2.84. The number of aliphatic hydroxyl groups excluding tert-OH is 1. The lowest BCUT2D eigenvalue weighted by Gasteiger charge is -2.04. The largest absolute Gasteiger partial charge is 0.495 e. The number of hydrogen-bond acceptors (Lipinski definition) is 3. The molecule has 0 atom stereocenters. The highest BCUT2D eigenvalue weighted by molar-refractivity contribution is 6.32. The van der Waals surface area contributed by atoms with Crippen molar-refractivity contribution in [3.63, 3.8) is 0 Å². The summed E-state index contributed by atoms with van der Waals surface area (Å²) in [4.78, 5) is 10.9. The SMILES string of the molecule is COc1ccc(CC(=O)CO)cc1Cl. The average molecular weight is 215 g/mol. The number of carbonyl (C=O) groups excluding carboxylic acids is 1. The van der Waals surface area contributed by atoms with Crippen molar-refractivity contribution >= 4 is 17.4 Å². The first kappa shape index (κ1) is 11.0. The zero-order chi connectivity index (χ0) is 10.6. The normalized spacial score (nSPS) is 9.93. The Morgan fingerprint density at radius 1 is 1.57 bits per heavy atom. The number of Topliss-reactive ketones (excluding diaryl/α,β-unsaturated/α-hetero) is 1. The van der Waals surface area contributed by atoms with Crippen LogP contribution in [0.15, 0.2) is 18.2 Å². The van der Waals surface area contributed by atoms with Crippen LogP contribution in [0.2, 0.25) is 5.02 Å². The first-order chi connectivity index (χ1) is 6.67. The van der Waals surface area contributed by atoms with Crippen molar-refractivity contribution in [1.29, 1.82) is 0 Å². The molecule has 0 saturated heterocycles. The zero-order valence-corrected chi connectivity index (χ0v) is 8.54. The van der Waals surface area contributed by atoms with Gasteiger partial charge in [-0.25, -0.2) is 0 Å². The maximum Gasteiger partial charge on any atom is 0.162 e. The van der Waals surface area contributed by atoms with Crippen LogP contribution in [0.4, 0.5) is 0 Å². The lowest BCUT2D eigenvalue weighted by Crippen LogP contribution is -2.07. The minimum absolute atomic E-state index is 0.195. The Kier molecular flexibility index (Phi) is 3.92. The van der Waals surface area contributed by atoms with E-state index in [0.717, 1.165) is 5.56 Å². The first-order valence-electron chi connectivity index (χ1n) is 4.12. The molecule has 0 heterocycles. The predicted octanol–water partition coefficient (Wildman–Crippen LogP) is 1.45. The van der Waals surface area contributed by atoms with E-state index in [9.17, 15) is 4.79 Å². The molecule has 0 aliphatic rings. The zero-order valence-electron chi connectivity index (χ0n) is 7.79. The van der Waals surface area contributed by atoms with Crippen LogP contribution in [0.25, 0.3) is 0 Å². The maximum absolute atomic E-state index is 10.9. The van der Waals surface area contributed by atoms with Crippen LogP contribution in [-0.2, 0) is 11.2 Å². The number of hydrogen-bond donors (Lipinski definition) is 1. The summed E-state index contributed by atoms with van der Waals surface area (Å²) >= 11 is 5.86. The lowest BCUT2D eigenvalue weighted by atomic mass is 10.1. The van der Waals surface area contributed by atoms with Crippen LogP contribution in [0.1, 0.15) is 5.56 Å². The molecule has 0 bridgehead atoms. The van der Waals surface area contributed by atoms with Gasteiger partial charge in [-0.1, -0.05) is 17.7 Å². The molecule has 0 aliphatic heterocycles. The van der Waals surface area contributed by atoms with Gasteiger partial charge in [0.25, 0.3) is 0 Å². The topological polar surface area (TPSA) is 46.5 Å². The average Bonchev–Trinajstić information content (AvgIpc) is 2.18. The van der Waals surface area contributed by atoms with Gasteiger partial charge in [-0.15, -0.1) is 0 Å². The van der Waals surface area contributed by atoms with Crippen molar-refractivity contribution < 1.29 is 14.6 Å². The fourth-order valence-corrected chi connectivity index (χ4v) is 1.38. The van der Waals surface area contributed by atoms with Gasteiger partial charge in [0.2, 0.25) is 0 Å². The van der Waals surface area contributed by atoms with E-state index < -0.39 is 6.61 Å². The van der Waals surface area contributed by atoms with Gasteiger partial charge in [0, 0.05) is 6.42 Å². The number of rotatable bonds is 4. The molecule has 0 spiro atoms. The maximum atomic E-state index is 10.9. The molecule has 14 heavy (non-hydrogen) atoms. The van der Waals surface area contributed by atoms with E-state index in [4.69, 9.17) is 21.4 Å². The number of halogens is 1. The molecule has 1 aromatic rings. The van der Waals surface area contributed by atoms with Gasteiger partial charge in [-0.05, 0) is 17.7 Å². The van der Waals surface area contributed by atoms with Gasteiger partial charge >= 0.3 is 0 Å². The highest BCUT2D eigenvalue weighted by Crippen LogP contribution is 2.24. The van der Waals surface area contributed by atoms with E-state index >= 15 is 0 Å². The molecular weight excluding hydrogens is 204 g/mol. The molecular formula is C10H11ClO3. The summed E-state index contributed by atoms with van der Waals surface area (Å²) in [6, 6.07) is 5.11. The van der Waals surface area contributed by atoms with Crippen molar-refractivity contribution in [2.75, 3.05) is 13.7 Å². The molecule has 1 rings (SSSR count). The van der Waals surface area contributed by atoms with E-state index in [1.165, 1.54) is 7.11 Å². The van der Waals surface area contributed by atoms with Gasteiger partial charge in [0.1, 0.15) is 12.4 Å². The highest BCUT2D eigenvalue weighted by atomic mass is 35.5. The fraction of sp³-hybridized carbons (Fsp3) is 0.300. The van der Waals surface area contributed by atoms with Crippen LogP contribution in [0, 0.1) is 0 Å². The number of benzene rings is 1. The van der Waals surface area contributed by atoms with Crippen LogP contribution < -0.4 is 4.74 Å². The Labute approximate surface area is 87.3 Å². The Balaban J connectivity index is 2.81. The lowest BCUT2D eigenvalue weighted by molar-refractivity contribution is -0.121. The third-order valence-corrected chi connectivity index (χ3v) is 2.09. The molecule has 0 saturated carbocycles. The summed E-state index contributed by atoms with van der Waals surface area (Å²) in [5.74, 6) is 0.345. The number of methoxy groups -OCH3 is 1. The summed E-state index contributed by atoms with van der Waals surface area (Å²) in [6.07, 6.45) is 0.195. The Morgan fingerprint density at radius 2 is 2.29 bits per heavy atom. The van der Waals surface area contributed by atoms with Crippen molar-refractivity contribution in [2.24, 2.45) is 0 Å². The molecule has 0 radical (unpaired) electrons. The molecule has 3 nitrogen and oxygen atoms in total. The molecule has 0 amide bonds. The quantitative estimate of drug-likeness (QED) is 0.825. The summed E-state index contributed by atoms with van der Waals surface area (Å²) in [5, 5.41) is 9.03. The molecule has 1 N–H and O–H groups in total.